The first-order valence-electron chi connectivity index (χ1n) is 9.46. The van der Waals surface area contributed by atoms with Gasteiger partial charge in [-0.05, 0) is 53.9 Å². The van der Waals surface area contributed by atoms with Gasteiger partial charge in [0.05, 0.1) is 31.9 Å². The third kappa shape index (κ3) is 7.76. The molecule has 0 heterocycles. The van der Waals surface area contributed by atoms with Crippen LogP contribution in [0.1, 0.15) is 19.4 Å². The Kier molecular flexibility index (Phi) is 8.70. The van der Waals surface area contributed by atoms with Gasteiger partial charge in [0.15, 0.2) is 0 Å². The van der Waals surface area contributed by atoms with Crippen molar-refractivity contribution in [2.75, 3.05) is 30.8 Å². The molecular formula is C21H26ClN3O5S. The number of nitrogens with one attached hydrogen (secondary N) is 1. The summed E-state index contributed by atoms with van der Waals surface area (Å²) in [5, 5.41) is 4.20. The standard InChI is InChI=1S/C21H26ClN3O5S/c1-15(2)14-30-18-8-5-16(6-9-18)12-23-24-21(26)13-25(31(4,27)28)19-11-17(22)7-10-20(19)29-3/h5-12,15H,13-14H2,1-4H3,(H,24,26)/b23-12+. The van der Waals surface area contributed by atoms with Crippen LogP contribution in [0.4, 0.5) is 5.69 Å². The number of benzene rings is 2. The number of sulfonamides is 1. The lowest BCUT2D eigenvalue weighted by atomic mass is 10.2. The highest BCUT2D eigenvalue weighted by molar-refractivity contribution is 7.92. The molecule has 0 aliphatic carbocycles. The van der Waals surface area contributed by atoms with E-state index in [0.717, 1.165) is 21.9 Å². The highest BCUT2D eigenvalue weighted by Gasteiger charge is 2.24. The fourth-order valence-corrected chi connectivity index (χ4v) is 3.51. The number of carbonyl (C=O) groups excluding carboxylic acids is 1. The molecule has 0 unspecified atom stereocenters. The molecule has 168 valence electrons. The van der Waals surface area contributed by atoms with Gasteiger partial charge >= 0.3 is 0 Å². The summed E-state index contributed by atoms with van der Waals surface area (Å²) in [5.74, 6) is 0.815. The molecule has 2 aromatic carbocycles. The van der Waals surface area contributed by atoms with Crippen molar-refractivity contribution in [3.8, 4) is 11.5 Å². The van der Waals surface area contributed by atoms with Crippen LogP contribution < -0.4 is 19.2 Å². The van der Waals surface area contributed by atoms with Crippen molar-refractivity contribution >= 4 is 39.4 Å². The maximum atomic E-state index is 12.3. The Hall–Kier alpha value is -2.78. The Morgan fingerprint density at radius 1 is 1.23 bits per heavy atom. The van der Waals surface area contributed by atoms with Crippen molar-refractivity contribution in [3.05, 3.63) is 53.1 Å². The Bertz CT molecular complexity index is 1020. The summed E-state index contributed by atoms with van der Waals surface area (Å²) in [6.45, 7) is 4.26. The lowest BCUT2D eigenvalue weighted by Crippen LogP contribution is -2.39. The minimum Gasteiger partial charge on any atom is -0.495 e. The van der Waals surface area contributed by atoms with Crippen LogP contribution in [0.3, 0.4) is 0 Å². The average molecular weight is 468 g/mol. The maximum absolute atomic E-state index is 12.3. The Labute approximate surface area is 187 Å². The summed E-state index contributed by atoms with van der Waals surface area (Å²) < 4.78 is 36.3. The van der Waals surface area contributed by atoms with Crippen LogP contribution in [0.15, 0.2) is 47.6 Å². The number of nitrogens with zero attached hydrogens (tertiary/aromatic N) is 2. The molecular weight excluding hydrogens is 442 g/mol. The zero-order valence-electron chi connectivity index (χ0n) is 17.8. The van der Waals surface area contributed by atoms with E-state index >= 15 is 0 Å². The van der Waals surface area contributed by atoms with E-state index in [1.165, 1.54) is 25.5 Å². The molecule has 31 heavy (non-hydrogen) atoms. The number of ether oxygens (including phenoxy) is 2. The first-order valence-corrected chi connectivity index (χ1v) is 11.7. The summed E-state index contributed by atoms with van der Waals surface area (Å²) in [5.41, 5.74) is 3.23. The topological polar surface area (TPSA) is 97.3 Å². The molecule has 2 rings (SSSR count). The van der Waals surface area contributed by atoms with Crippen molar-refractivity contribution in [2.45, 2.75) is 13.8 Å². The number of hydrogen-bond acceptors (Lipinski definition) is 6. The lowest BCUT2D eigenvalue weighted by Gasteiger charge is -2.23. The first kappa shape index (κ1) is 24.5. The number of carbonyl (C=O) groups is 1. The van der Waals surface area contributed by atoms with E-state index in [2.05, 4.69) is 24.4 Å². The van der Waals surface area contributed by atoms with Gasteiger partial charge in [0, 0.05) is 5.02 Å². The molecule has 1 N–H and O–H groups in total. The van der Waals surface area contributed by atoms with Crippen LogP contribution >= 0.6 is 11.6 Å². The van der Waals surface area contributed by atoms with Crippen molar-refractivity contribution in [1.82, 2.24) is 5.43 Å². The molecule has 8 nitrogen and oxygen atoms in total. The number of amides is 1. The molecule has 0 atom stereocenters. The van der Waals surface area contributed by atoms with Gasteiger partial charge in [0.2, 0.25) is 10.0 Å². The van der Waals surface area contributed by atoms with Gasteiger partial charge in [0.1, 0.15) is 18.0 Å². The van der Waals surface area contributed by atoms with Gasteiger partial charge in [-0.1, -0.05) is 25.4 Å². The molecule has 0 saturated carbocycles. The summed E-state index contributed by atoms with van der Waals surface area (Å²) in [6, 6.07) is 11.7. The molecule has 0 fully saturated rings. The maximum Gasteiger partial charge on any atom is 0.260 e. The van der Waals surface area contributed by atoms with Crippen molar-refractivity contribution in [3.63, 3.8) is 0 Å². The van der Waals surface area contributed by atoms with E-state index in [-0.39, 0.29) is 11.4 Å². The number of halogens is 1. The zero-order chi connectivity index (χ0) is 23.0. The van der Waals surface area contributed by atoms with Crippen LogP contribution in [0.5, 0.6) is 11.5 Å². The number of rotatable bonds is 10. The summed E-state index contributed by atoms with van der Waals surface area (Å²) >= 11 is 5.99. The number of hydrazone groups is 1. The van der Waals surface area contributed by atoms with Gasteiger partial charge in [-0.2, -0.15) is 5.10 Å². The summed E-state index contributed by atoms with van der Waals surface area (Å²) in [6.07, 6.45) is 2.45. The van der Waals surface area contributed by atoms with E-state index in [0.29, 0.717) is 17.5 Å². The molecule has 1 amide bonds. The van der Waals surface area contributed by atoms with Gasteiger partial charge in [0.25, 0.3) is 5.91 Å². The van der Waals surface area contributed by atoms with Crippen LogP contribution in [0.25, 0.3) is 0 Å². The largest absolute Gasteiger partial charge is 0.495 e. The van der Waals surface area contributed by atoms with E-state index in [1.807, 2.05) is 12.1 Å². The highest BCUT2D eigenvalue weighted by atomic mass is 35.5. The molecule has 2 aromatic rings. The third-order valence-electron chi connectivity index (χ3n) is 3.96. The number of methoxy groups -OCH3 is 1. The van der Waals surface area contributed by atoms with E-state index < -0.39 is 22.5 Å². The van der Waals surface area contributed by atoms with Crippen LogP contribution in [-0.4, -0.2) is 47.1 Å². The smallest absolute Gasteiger partial charge is 0.260 e. The first-order chi connectivity index (χ1) is 14.6. The third-order valence-corrected chi connectivity index (χ3v) is 5.32. The van der Waals surface area contributed by atoms with E-state index in [1.54, 1.807) is 18.2 Å². The molecule has 0 bridgehead atoms. The molecule has 0 radical (unpaired) electrons. The van der Waals surface area contributed by atoms with Gasteiger partial charge < -0.3 is 9.47 Å². The molecule has 0 spiro atoms. The normalized spacial score (nSPS) is 11.5. The highest BCUT2D eigenvalue weighted by Crippen LogP contribution is 2.32. The number of anilines is 1. The molecule has 0 saturated heterocycles. The molecule has 10 heteroatoms. The molecule has 0 aromatic heterocycles. The summed E-state index contributed by atoms with van der Waals surface area (Å²) in [4.78, 5) is 12.3. The van der Waals surface area contributed by atoms with E-state index in [9.17, 15) is 13.2 Å². The van der Waals surface area contributed by atoms with Crippen LogP contribution in [0.2, 0.25) is 5.02 Å². The quantitative estimate of drug-likeness (QED) is 0.427. The van der Waals surface area contributed by atoms with E-state index in [4.69, 9.17) is 21.1 Å². The summed E-state index contributed by atoms with van der Waals surface area (Å²) in [7, 11) is -2.39. The van der Waals surface area contributed by atoms with Crippen molar-refractivity contribution < 1.29 is 22.7 Å². The second-order valence-corrected chi connectivity index (χ2v) is 9.50. The van der Waals surface area contributed by atoms with Crippen molar-refractivity contribution in [2.24, 2.45) is 11.0 Å². The minimum absolute atomic E-state index is 0.161. The van der Waals surface area contributed by atoms with Crippen molar-refractivity contribution in [1.29, 1.82) is 0 Å². The molecule has 0 aliphatic rings. The Morgan fingerprint density at radius 2 is 1.90 bits per heavy atom. The Morgan fingerprint density at radius 3 is 2.48 bits per heavy atom. The average Bonchev–Trinajstić information content (AvgIpc) is 2.70. The lowest BCUT2D eigenvalue weighted by molar-refractivity contribution is -0.119. The SMILES string of the molecule is COc1ccc(Cl)cc1N(CC(=O)N/N=C/c1ccc(OCC(C)C)cc1)S(C)(=O)=O. The minimum atomic E-state index is -3.79. The fraction of sp³-hybridized carbons (Fsp3) is 0.333. The zero-order valence-corrected chi connectivity index (χ0v) is 19.4. The Balaban J connectivity index is 2.05. The number of hydrogen-bond donors (Lipinski definition) is 1. The fourth-order valence-electron chi connectivity index (χ4n) is 2.50. The predicted molar refractivity (Wildman–Crippen MR) is 123 cm³/mol. The van der Waals surface area contributed by atoms with Crippen LogP contribution in [0, 0.1) is 5.92 Å². The molecule has 0 aliphatic heterocycles. The van der Waals surface area contributed by atoms with Gasteiger partial charge in [-0.25, -0.2) is 13.8 Å². The predicted octanol–water partition coefficient (Wildman–Crippen LogP) is 3.30. The van der Waals surface area contributed by atoms with Crippen LogP contribution in [-0.2, 0) is 14.8 Å². The van der Waals surface area contributed by atoms with Gasteiger partial charge in [-0.3, -0.25) is 9.10 Å². The second-order valence-electron chi connectivity index (χ2n) is 7.15. The van der Waals surface area contributed by atoms with Gasteiger partial charge in [-0.15, -0.1) is 0 Å². The second kappa shape index (κ2) is 11.0. The monoisotopic (exact) mass is 467 g/mol.